The third-order valence-corrected chi connectivity index (χ3v) is 9.25. The minimum absolute atomic E-state index is 0.106. The van der Waals surface area contributed by atoms with Crippen LogP contribution in [0, 0.1) is 0 Å². The van der Waals surface area contributed by atoms with E-state index in [4.69, 9.17) is 9.47 Å². The van der Waals surface area contributed by atoms with Gasteiger partial charge in [0.1, 0.15) is 22.7 Å². The molecule has 1 saturated heterocycles. The van der Waals surface area contributed by atoms with Gasteiger partial charge in [0.15, 0.2) is 6.10 Å². The van der Waals surface area contributed by atoms with Crippen LogP contribution in [0.2, 0.25) is 0 Å². The number of hydrogen-bond donors (Lipinski definition) is 1. The molecule has 0 aromatic heterocycles. The first kappa shape index (κ1) is 30.6. The SMILES string of the molecule is CN1C=CC=CC1SC=CC1=C(C(=O)OC(c2ccccc2)c2ccccc2)N2C(=O)C(NC(=O)OC(C)(C)C)[C@H]2SC1. The lowest BCUT2D eigenvalue weighted by Gasteiger charge is -2.49. The third kappa shape index (κ3) is 7.19. The Bertz CT molecular complexity index is 1430. The summed E-state index contributed by atoms with van der Waals surface area (Å²) in [7, 11) is 2.00. The number of carbonyl (C=O) groups is 3. The topological polar surface area (TPSA) is 88.2 Å². The Hall–Kier alpha value is -3.89. The van der Waals surface area contributed by atoms with Crippen LogP contribution in [0.1, 0.15) is 38.0 Å². The van der Waals surface area contributed by atoms with Gasteiger partial charge in [0, 0.05) is 19.0 Å². The number of thioether (sulfide) groups is 2. The normalized spacial score (nSPS) is 21.6. The highest BCUT2D eigenvalue weighted by Gasteiger charge is 2.54. The first-order chi connectivity index (χ1) is 20.6. The van der Waals surface area contributed by atoms with Gasteiger partial charge in [-0.1, -0.05) is 72.8 Å². The predicted octanol–water partition coefficient (Wildman–Crippen LogP) is 5.97. The standard InChI is InChI=1S/C33H35N3O5S2/c1-33(2,3)41-32(39)34-26-29(37)36-27(24(21-43-30(26)36)18-20-42-25-17-11-12-19-35(25)4)31(38)40-28(22-13-7-5-8-14-22)23-15-9-6-10-16-23/h5-20,25-26,28,30H,21H2,1-4H3,(H,34,39)/t25?,26?,30-/m1/s1. The van der Waals surface area contributed by atoms with E-state index in [-0.39, 0.29) is 17.0 Å². The van der Waals surface area contributed by atoms with E-state index in [9.17, 15) is 14.4 Å². The molecule has 1 N–H and O–H groups in total. The van der Waals surface area contributed by atoms with Crippen molar-refractivity contribution in [3.8, 4) is 0 Å². The van der Waals surface area contributed by atoms with Gasteiger partial charge in [-0.25, -0.2) is 9.59 Å². The smallest absolute Gasteiger partial charge is 0.408 e. The van der Waals surface area contributed by atoms with E-state index in [1.54, 1.807) is 32.5 Å². The minimum Gasteiger partial charge on any atom is -0.448 e. The van der Waals surface area contributed by atoms with Gasteiger partial charge in [-0.2, -0.15) is 0 Å². The lowest BCUT2D eigenvalue weighted by Crippen LogP contribution is -2.70. The van der Waals surface area contributed by atoms with Crippen LogP contribution in [0.25, 0.3) is 0 Å². The van der Waals surface area contributed by atoms with E-state index in [1.807, 2.05) is 97.5 Å². The Labute approximate surface area is 260 Å². The number of benzene rings is 2. The van der Waals surface area contributed by atoms with Crippen molar-refractivity contribution in [1.82, 2.24) is 15.1 Å². The Morgan fingerprint density at radius 1 is 1.05 bits per heavy atom. The molecule has 0 bridgehead atoms. The molecule has 43 heavy (non-hydrogen) atoms. The summed E-state index contributed by atoms with van der Waals surface area (Å²) in [6.45, 7) is 5.28. The second-order valence-corrected chi connectivity index (χ2v) is 13.4. The molecule has 224 valence electrons. The zero-order valence-electron chi connectivity index (χ0n) is 24.5. The number of rotatable bonds is 8. The largest absolute Gasteiger partial charge is 0.448 e. The number of nitrogens with zero attached hydrogens (tertiary/aromatic N) is 2. The Morgan fingerprint density at radius 2 is 1.70 bits per heavy atom. The van der Waals surface area contributed by atoms with Crippen molar-refractivity contribution in [2.45, 2.75) is 49.3 Å². The predicted molar refractivity (Wildman–Crippen MR) is 171 cm³/mol. The van der Waals surface area contributed by atoms with Crippen LogP contribution in [0.3, 0.4) is 0 Å². The Morgan fingerprint density at radius 3 is 2.30 bits per heavy atom. The second kappa shape index (κ2) is 13.2. The average Bonchev–Trinajstić information content (AvgIpc) is 2.99. The highest BCUT2D eigenvalue weighted by molar-refractivity contribution is 8.02. The van der Waals surface area contributed by atoms with Crippen LogP contribution >= 0.6 is 23.5 Å². The van der Waals surface area contributed by atoms with Gasteiger partial charge >= 0.3 is 12.1 Å². The summed E-state index contributed by atoms with van der Waals surface area (Å²) in [5, 5.41) is 4.28. The number of hydrogen-bond acceptors (Lipinski definition) is 8. The quantitative estimate of drug-likeness (QED) is 0.287. The molecule has 1 fully saturated rings. The number of alkyl carbamates (subject to hydrolysis) is 1. The molecular weight excluding hydrogens is 583 g/mol. The van der Waals surface area contributed by atoms with Crippen LogP contribution in [-0.2, 0) is 19.1 Å². The van der Waals surface area contributed by atoms with Crippen molar-refractivity contribution in [2.75, 3.05) is 12.8 Å². The van der Waals surface area contributed by atoms with Gasteiger partial charge in [-0.15, -0.1) is 23.5 Å². The van der Waals surface area contributed by atoms with E-state index in [0.29, 0.717) is 11.3 Å². The van der Waals surface area contributed by atoms with Gasteiger partial charge in [0.05, 0.1) is 5.37 Å². The first-order valence-corrected chi connectivity index (χ1v) is 16.0. The van der Waals surface area contributed by atoms with Gasteiger partial charge in [-0.3, -0.25) is 9.69 Å². The molecule has 8 nitrogen and oxygen atoms in total. The zero-order chi connectivity index (χ0) is 30.6. The number of fused-ring (bicyclic) bond motifs is 1. The molecule has 2 aromatic rings. The number of allylic oxidation sites excluding steroid dienone is 3. The van der Waals surface area contributed by atoms with Gasteiger partial charge in [0.25, 0.3) is 5.91 Å². The van der Waals surface area contributed by atoms with Gasteiger partial charge in [-0.05, 0) is 55.0 Å². The summed E-state index contributed by atoms with van der Waals surface area (Å²) in [6, 6.07) is 18.2. The van der Waals surface area contributed by atoms with Crippen LogP contribution in [0.4, 0.5) is 4.79 Å². The van der Waals surface area contributed by atoms with Crippen molar-refractivity contribution >= 4 is 41.5 Å². The average molecular weight is 618 g/mol. The van der Waals surface area contributed by atoms with Crippen molar-refractivity contribution < 1.29 is 23.9 Å². The van der Waals surface area contributed by atoms with Crippen LogP contribution in [-0.4, -0.2) is 63.0 Å². The van der Waals surface area contributed by atoms with E-state index in [2.05, 4.69) is 16.3 Å². The summed E-state index contributed by atoms with van der Waals surface area (Å²) in [5.74, 6) is -0.529. The number of carbonyl (C=O) groups excluding carboxylic acids is 3. The fourth-order valence-corrected chi connectivity index (χ4v) is 7.02. The summed E-state index contributed by atoms with van der Waals surface area (Å²) in [5.41, 5.74) is 1.80. The molecule has 0 radical (unpaired) electrons. The van der Waals surface area contributed by atoms with E-state index in [0.717, 1.165) is 11.1 Å². The number of amides is 2. The zero-order valence-corrected chi connectivity index (χ0v) is 26.1. The Kier molecular flexibility index (Phi) is 9.37. The molecule has 2 unspecified atom stereocenters. The van der Waals surface area contributed by atoms with E-state index in [1.165, 1.54) is 16.7 Å². The molecule has 10 heteroatoms. The second-order valence-electron chi connectivity index (χ2n) is 11.2. The molecule has 0 aliphatic carbocycles. The number of nitrogens with one attached hydrogen (secondary N) is 1. The van der Waals surface area contributed by atoms with Crippen molar-refractivity contribution in [2.24, 2.45) is 0 Å². The molecule has 5 rings (SSSR count). The molecule has 2 aromatic carbocycles. The summed E-state index contributed by atoms with van der Waals surface area (Å²) in [6.07, 6.45) is 8.59. The van der Waals surface area contributed by atoms with E-state index >= 15 is 0 Å². The fourth-order valence-electron chi connectivity index (χ4n) is 4.85. The maximum absolute atomic E-state index is 14.1. The number of ether oxygens (including phenoxy) is 2. The molecule has 0 spiro atoms. The molecule has 3 aliphatic rings. The highest BCUT2D eigenvalue weighted by Crippen LogP contribution is 2.42. The molecule has 0 saturated carbocycles. The summed E-state index contributed by atoms with van der Waals surface area (Å²) in [4.78, 5) is 43.6. The first-order valence-electron chi connectivity index (χ1n) is 14.0. The van der Waals surface area contributed by atoms with Crippen molar-refractivity contribution in [3.63, 3.8) is 0 Å². The molecule has 3 aliphatic heterocycles. The minimum atomic E-state index is -0.811. The Balaban J connectivity index is 1.43. The maximum Gasteiger partial charge on any atom is 0.408 e. The molecule has 3 heterocycles. The number of likely N-dealkylation sites (N-methyl/N-ethyl adjacent to an activating group) is 1. The molecule has 2 amide bonds. The molecule has 3 atom stereocenters. The summed E-state index contributed by atoms with van der Waals surface area (Å²) >= 11 is 3.08. The van der Waals surface area contributed by atoms with Crippen LogP contribution < -0.4 is 5.32 Å². The van der Waals surface area contributed by atoms with Crippen LogP contribution in [0.5, 0.6) is 0 Å². The highest BCUT2D eigenvalue weighted by atomic mass is 32.2. The van der Waals surface area contributed by atoms with Gasteiger partial charge < -0.3 is 19.7 Å². The van der Waals surface area contributed by atoms with Gasteiger partial charge in [0.2, 0.25) is 0 Å². The monoisotopic (exact) mass is 617 g/mol. The lowest BCUT2D eigenvalue weighted by atomic mass is 10.0. The fraction of sp³-hybridized carbons (Fsp3) is 0.303. The van der Waals surface area contributed by atoms with Crippen molar-refractivity contribution in [1.29, 1.82) is 0 Å². The maximum atomic E-state index is 14.1. The molecular formula is C33H35N3O5S2. The third-order valence-electron chi connectivity index (χ3n) is 6.89. The van der Waals surface area contributed by atoms with E-state index < -0.39 is 35.2 Å². The van der Waals surface area contributed by atoms with Crippen LogP contribution in [0.15, 0.2) is 108 Å². The number of esters is 1. The summed E-state index contributed by atoms with van der Waals surface area (Å²) < 4.78 is 11.6. The number of β-lactam (4-membered cyclic amide) rings is 1. The lowest BCUT2D eigenvalue weighted by molar-refractivity contribution is -0.153. The van der Waals surface area contributed by atoms with Crippen molar-refractivity contribution in [3.05, 3.63) is 119 Å².